The minimum atomic E-state index is -0.981. The maximum Gasteiger partial charge on any atom is 0.249 e. The summed E-state index contributed by atoms with van der Waals surface area (Å²) in [5, 5.41) is 20.7. The van der Waals surface area contributed by atoms with Gasteiger partial charge < -0.3 is 40.9 Å². The molecule has 4 aliphatic carbocycles. The van der Waals surface area contributed by atoms with E-state index in [-0.39, 0.29) is 17.6 Å². The van der Waals surface area contributed by atoms with Gasteiger partial charge in [0, 0.05) is 51.4 Å². The lowest BCUT2D eigenvalue weighted by Crippen LogP contribution is -2.53. The lowest BCUT2D eigenvalue weighted by molar-refractivity contribution is -0.130. The average Bonchev–Trinajstić information content (AvgIpc) is 3.82. The third-order valence-corrected chi connectivity index (χ3v) is 11.7. The number of aromatic hydroxyl groups is 1. The van der Waals surface area contributed by atoms with Gasteiger partial charge in [0.1, 0.15) is 17.8 Å². The van der Waals surface area contributed by atoms with Crippen LogP contribution >= 0.6 is 0 Å². The number of phenols is 1. The molecule has 7 N–H and O–H groups in total. The van der Waals surface area contributed by atoms with Crippen molar-refractivity contribution in [3.8, 4) is 5.75 Å². The van der Waals surface area contributed by atoms with Gasteiger partial charge >= 0.3 is 0 Å². The predicted molar refractivity (Wildman–Crippen MR) is 193 cm³/mol. The number of carbonyl (C=O) groups is 2. The average molecular weight is 713 g/mol. The molecule has 2 unspecified atom stereocenters. The largest absolute Gasteiger partial charge is 0.508 e. The van der Waals surface area contributed by atoms with Gasteiger partial charge in [-0.05, 0) is 117 Å². The molecule has 3 heterocycles. The van der Waals surface area contributed by atoms with Crippen molar-refractivity contribution < 1.29 is 19.2 Å². The molecule has 3 aromatic heterocycles. The van der Waals surface area contributed by atoms with E-state index >= 15 is 0 Å². The number of aryl methyl sites for hydroxylation is 4. The number of hydrogen-bond acceptors (Lipinski definition) is 10. The number of nitrogens with one attached hydrogen (secondary N) is 2. The van der Waals surface area contributed by atoms with Crippen molar-refractivity contribution in [3.63, 3.8) is 0 Å². The molecule has 14 heteroatoms. The molecule has 4 bridgehead atoms. The number of rotatable bonds is 15. The Labute approximate surface area is 304 Å². The van der Waals surface area contributed by atoms with Gasteiger partial charge in [0.05, 0.1) is 18.1 Å². The van der Waals surface area contributed by atoms with Crippen LogP contribution in [-0.4, -0.2) is 58.2 Å². The van der Waals surface area contributed by atoms with Crippen LogP contribution in [-0.2, 0) is 42.4 Å². The Morgan fingerprint density at radius 1 is 1.04 bits per heavy atom. The Morgan fingerprint density at radius 2 is 1.73 bits per heavy atom. The van der Waals surface area contributed by atoms with Crippen molar-refractivity contribution in [2.24, 2.45) is 36.0 Å². The number of nitrogen functional groups attached to an aromatic ring is 1. The highest BCUT2D eigenvalue weighted by Gasteiger charge is 2.51. The molecule has 1 aromatic carbocycles. The number of anilines is 1. The van der Waals surface area contributed by atoms with Crippen LogP contribution < -0.4 is 22.1 Å². The zero-order valence-corrected chi connectivity index (χ0v) is 30.4. The van der Waals surface area contributed by atoms with E-state index in [0.717, 1.165) is 46.6 Å². The third kappa shape index (κ3) is 8.01. The van der Waals surface area contributed by atoms with Gasteiger partial charge in [-0.3, -0.25) is 9.59 Å². The monoisotopic (exact) mass is 712 g/mol. The fraction of sp³-hybridized carbons (Fsp3) is 0.579. The molecular formula is C38H52N10O4. The van der Waals surface area contributed by atoms with Crippen LogP contribution in [0.25, 0.3) is 0 Å². The molecule has 0 radical (unpaired) electrons. The standard InChI is InChI=1S/C38H52N10O4/c1-22-9-28(49)10-23(2)29(22)15-31(43-34(50)30(39)5-4-7-48-8-6-41-37(48)40)35(51)44-32(14-27-20-47(3)21-42-27)36-45-33(46-52-36)19-38-16-24-11-25(17-38)13-26(12-24)18-38/h6,8-10,20-21,24-26,30-32,49H,4-5,7,11-19,39H2,1-3H3,(H2,40,41)(H,43,50)(H,44,51)/t24?,25?,26?,30?,31?,32-,38?/m0/s1. The second-order valence-electron chi connectivity index (χ2n) is 16.0. The molecule has 4 fully saturated rings. The number of carbonyl (C=O) groups excluding carboxylic acids is 2. The highest BCUT2D eigenvalue weighted by molar-refractivity contribution is 5.90. The Kier molecular flexibility index (Phi) is 10.1. The quantitative estimate of drug-likeness (QED) is 0.121. The van der Waals surface area contributed by atoms with E-state index in [0.29, 0.717) is 43.5 Å². The minimum Gasteiger partial charge on any atom is -0.508 e. The first kappa shape index (κ1) is 35.7. The van der Waals surface area contributed by atoms with Crippen LogP contribution in [0.5, 0.6) is 5.75 Å². The molecule has 14 nitrogen and oxygen atoms in total. The lowest BCUT2D eigenvalue weighted by atomic mass is 9.49. The summed E-state index contributed by atoms with van der Waals surface area (Å²) in [6, 6.07) is 0.788. The van der Waals surface area contributed by atoms with Gasteiger partial charge in [-0.25, -0.2) is 9.97 Å². The summed E-state index contributed by atoms with van der Waals surface area (Å²) >= 11 is 0. The van der Waals surface area contributed by atoms with Crippen molar-refractivity contribution >= 4 is 17.8 Å². The molecule has 4 aromatic rings. The first-order valence-electron chi connectivity index (χ1n) is 18.6. The van der Waals surface area contributed by atoms with Crippen molar-refractivity contribution in [2.75, 3.05) is 5.73 Å². The Balaban J connectivity index is 1.09. The molecule has 0 spiro atoms. The molecule has 0 aliphatic heterocycles. The van der Waals surface area contributed by atoms with E-state index in [1.165, 1.54) is 38.5 Å². The number of amides is 2. The molecule has 2 amide bonds. The molecule has 52 heavy (non-hydrogen) atoms. The zero-order valence-electron chi connectivity index (χ0n) is 30.4. The topological polar surface area (TPSA) is 205 Å². The Hall–Kier alpha value is -4.72. The summed E-state index contributed by atoms with van der Waals surface area (Å²) in [5.74, 6) is 3.11. The first-order valence-corrected chi connectivity index (χ1v) is 18.6. The first-order chi connectivity index (χ1) is 24.9. The number of nitrogens with zero attached hydrogens (tertiary/aromatic N) is 6. The van der Waals surface area contributed by atoms with Gasteiger partial charge in [0.2, 0.25) is 17.7 Å². The third-order valence-electron chi connectivity index (χ3n) is 11.7. The van der Waals surface area contributed by atoms with E-state index in [1.54, 1.807) is 35.4 Å². The number of phenolic OH excluding ortho intramolecular Hbond substituents is 1. The summed E-state index contributed by atoms with van der Waals surface area (Å²) < 4.78 is 9.56. The smallest absolute Gasteiger partial charge is 0.249 e. The summed E-state index contributed by atoms with van der Waals surface area (Å²) in [5.41, 5.74) is 15.7. The minimum absolute atomic E-state index is 0.139. The van der Waals surface area contributed by atoms with E-state index in [4.69, 9.17) is 21.0 Å². The van der Waals surface area contributed by atoms with Crippen LogP contribution in [0.4, 0.5) is 5.95 Å². The molecule has 0 saturated heterocycles. The molecule has 278 valence electrons. The summed E-state index contributed by atoms with van der Waals surface area (Å²) in [7, 11) is 1.89. The van der Waals surface area contributed by atoms with Gasteiger partial charge in [0.25, 0.3) is 0 Å². The summed E-state index contributed by atoms with van der Waals surface area (Å²) in [4.78, 5) is 41.3. The highest BCUT2D eigenvalue weighted by atomic mass is 16.5. The second kappa shape index (κ2) is 14.7. The van der Waals surface area contributed by atoms with Crippen molar-refractivity contribution in [3.05, 3.63) is 71.1 Å². The number of hydrogen-bond donors (Lipinski definition) is 5. The Bertz CT molecular complexity index is 1840. The second-order valence-corrected chi connectivity index (χ2v) is 16.0. The van der Waals surface area contributed by atoms with Gasteiger partial charge in [-0.2, -0.15) is 4.98 Å². The normalized spacial score (nSPS) is 23.7. The number of imidazole rings is 2. The van der Waals surface area contributed by atoms with Crippen molar-refractivity contribution in [2.45, 2.75) is 109 Å². The predicted octanol–water partition coefficient (Wildman–Crippen LogP) is 3.60. The van der Waals surface area contributed by atoms with E-state index in [9.17, 15) is 14.7 Å². The SMILES string of the molecule is Cc1cc(O)cc(C)c1CC(NC(=O)C(N)CCCn1ccnc1N)C(=O)N[C@@H](Cc1cn(C)cn1)c1nc(CC23CC4CC(CC(C4)C2)C3)no1. The maximum atomic E-state index is 14.3. The number of benzene rings is 1. The summed E-state index contributed by atoms with van der Waals surface area (Å²) in [6.07, 6.45) is 17.1. The van der Waals surface area contributed by atoms with Crippen LogP contribution in [0.2, 0.25) is 0 Å². The van der Waals surface area contributed by atoms with Gasteiger partial charge in [-0.1, -0.05) is 5.16 Å². The zero-order chi connectivity index (χ0) is 36.6. The molecule has 8 rings (SSSR count). The maximum absolute atomic E-state index is 14.3. The van der Waals surface area contributed by atoms with E-state index < -0.39 is 29.9 Å². The van der Waals surface area contributed by atoms with Crippen LogP contribution in [0, 0.1) is 37.0 Å². The van der Waals surface area contributed by atoms with Crippen molar-refractivity contribution in [1.29, 1.82) is 0 Å². The summed E-state index contributed by atoms with van der Waals surface area (Å²) in [6.45, 7) is 4.31. The fourth-order valence-corrected chi connectivity index (χ4v) is 9.70. The van der Waals surface area contributed by atoms with Crippen LogP contribution in [0.15, 0.2) is 41.6 Å². The lowest BCUT2D eigenvalue weighted by Gasteiger charge is -2.56. The molecule has 3 atom stereocenters. The molecule has 4 aliphatic rings. The fourth-order valence-electron chi connectivity index (χ4n) is 9.70. The molecule has 4 saturated carbocycles. The Morgan fingerprint density at radius 3 is 2.35 bits per heavy atom. The van der Waals surface area contributed by atoms with E-state index in [2.05, 4.69) is 25.8 Å². The molecular weight excluding hydrogens is 660 g/mol. The number of nitrogens with two attached hydrogens (primary N) is 2. The number of aromatic nitrogens is 6. The van der Waals surface area contributed by atoms with Crippen LogP contribution in [0.3, 0.4) is 0 Å². The highest BCUT2D eigenvalue weighted by Crippen LogP contribution is 2.60. The van der Waals surface area contributed by atoms with Crippen molar-refractivity contribution in [1.82, 2.24) is 39.9 Å². The van der Waals surface area contributed by atoms with Crippen LogP contribution in [0.1, 0.15) is 91.5 Å². The van der Waals surface area contributed by atoms with E-state index in [1.807, 2.05) is 31.7 Å². The van der Waals surface area contributed by atoms with Gasteiger partial charge in [0.15, 0.2) is 11.8 Å². The van der Waals surface area contributed by atoms with Gasteiger partial charge in [-0.15, -0.1) is 0 Å².